The van der Waals surface area contributed by atoms with Gasteiger partial charge in [0, 0.05) is 0 Å². The van der Waals surface area contributed by atoms with Gasteiger partial charge in [-0.1, -0.05) is 11.6 Å². The summed E-state index contributed by atoms with van der Waals surface area (Å²) in [6, 6.07) is 0.348. The molecule has 0 spiro atoms. The van der Waals surface area contributed by atoms with Crippen LogP contribution in [0.5, 0.6) is 5.75 Å². The van der Waals surface area contributed by atoms with Crippen LogP contribution in [-0.4, -0.2) is 7.11 Å². The minimum Gasteiger partial charge on any atom is -0.495 e. The molecule has 1 nitrogen and oxygen atoms in total. The number of hydrogen-bond acceptors (Lipinski definition) is 1. The van der Waals surface area contributed by atoms with Crippen molar-refractivity contribution in [3.63, 3.8) is 0 Å². The summed E-state index contributed by atoms with van der Waals surface area (Å²) < 4.78 is 78.7. The van der Waals surface area contributed by atoms with Gasteiger partial charge in [0.25, 0.3) is 0 Å². The van der Waals surface area contributed by atoms with Gasteiger partial charge in [-0.3, -0.25) is 0 Å². The van der Waals surface area contributed by atoms with Crippen molar-refractivity contribution in [1.29, 1.82) is 0 Å². The normalized spacial score (nSPS) is 12.7. The summed E-state index contributed by atoms with van der Waals surface area (Å²) in [6.45, 7) is 0. The third-order valence-electron chi connectivity index (χ3n) is 1.88. The lowest BCUT2D eigenvalue weighted by Gasteiger charge is -2.16. The standard InChI is InChI=1S/C9H5ClF6O/c1-17-7-5(9(14,15)16)2-4(3-6(7)10)8(11,12)13/h2-3H,1H3. The molecule has 96 valence electrons. The molecule has 1 aromatic carbocycles. The van der Waals surface area contributed by atoms with Gasteiger partial charge in [0.15, 0.2) is 0 Å². The Kier molecular flexibility index (Phi) is 3.52. The zero-order valence-electron chi connectivity index (χ0n) is 8.21. The maximum atomic E-state index is 12.5. The van der Waals surface area contributed by atoms with E-state index >= 15 is 0 Å². The zero-order chi connectivity index (χ0) is 13.4. The number of rotatable bonds is 1. The van der Waals surface area contributed by atoms with Crippen molar-refractivity contribution >= 4 is 11.6 Å². The van der Waals surface area contributed by atoms with Gasteiger partial charge in [-0.05, 0) is 12.1 Å². The molecule has 0 fully saturated rings. The summed E-state index contributed by atoms with van der Waals surface area (Å²) in [7, 11) is 0.893. The van der Waals surface area contributed by atoms with Gasteiger partial charge in [0.1, 0.15) is 5.75 Å². The van der Waals surface area contributed by atoms with Crippen molar-refractivity contribution in [2.75, 3.05) is 7.11 Å². The second kappa shape index (κ2) is 4.29. The van der Waals surface area contributed by atoms with Crippen LogP contribution in [0.25, 0.3) is 0 Å². The van der Waals surface area contributed by atoms with Gasteiger partial charge in [-0.15, -0.1) is 0 Å². The van der Waals surface area contributed by atoms with E-state index in [-0.39, 0.29) is 6.07 Å². The molecule has 0 N–H and O–H groups in total. The van der Waals surface area contributed by atoms with Crippen molar-refractivity contribution < 1.29 is 31.1 Å². The van der Waals surface area contributed by atoms with Crippen LogP contribution >= 0.6 is 11.6 Å². The van der Waals surface area contributed by atoms with Crippen molar-refractivity contribution in [3.05, 3.63) is 28.3 Å². The van der Waals surface area contributed by atoms with E-state index in [1.54, 1.807) is 0 Å². The number of benzene rings is 1. The summed E-state index contributed by atoms with van der Waals surface area (Å²) in [5, 5.41) is -0.741. The van der Waals surface area contributed by atoms with Gasteiger partial charge < -0.3 is 4.74 Å². The Hall–Kier alpha value is -1.11. The fraction of sp³-hybridized carbons (Fsp3) is 0.333. The van der Waals surface area contributed by atoms with Gasteiger partial charge in [-0.2, -0.15) is 26.3 Å². The Morgan fingerprint density at radius 1 is 1.00 bits per heavy atom. The smallest absolute Gasteiger partial charge is 0.420 e. The second-order valence-electron chi connectivity index (χ2n) is 3.03. The predicted octanol–water partition coefficient (Wildman–Crippen LogP) is 4.39. The Morgan fingerprint density at radius 2 is 1.53 bits per heavy atom. The van der Waals surface area contributed by atoms with Crippen molar-refractivity contribution in [3.8, 4) is 5.75 Å². The van der Waals surface area contributed by atoms with E-state index in [4.69, 9.17) is 11.6 Å². The summed E-state index contributed by atoms with van der Waals surface area (Å²) in [5.41, 5.74) is -3.03. The van der Waals surface area contributed by atoms with Crippen LogP contribution in [0.15, 0.2) is 12.1 Å². The highest BCUT2D eigenvalue weighted by Gasteiger charge is 2.40. The van der Waals surface area contributed by atoms with E-state index < -0.39 is 34.3 Å². The Balaban J connectivity index is 3.51. The molecule has 1 rings (SSSR count). The fourth-order valence-corrected chi connectivity index (χ4v) is 1.47. The van der Waals surface area contributed by atoms with Crippen LogP contribution in [0.2, 0.25) is 5.02 Å². The van der Waals surface area contributed by atoms with Crippen LogP contribution < -0.4 is 4.74 Å². The minimum absolute atomic E-state index is 0.0370. The molecule has 0 aliphatic carbocycles. The van der Waals surface area contributed by atoms with Gasteiger partial charge in [0.2, 0.25) is 0 Å². The van der Waals surface area contributed by atoms with E-state index in [2.05, 4.69) is 4.74 Å². The van der Waals surface area contributed by atoms with E-state index in [1.807, 2.05) is 0 Å². The highest BCUT2D eigenvalue weighted by Crippen LogP contribution is 2.44. The molecule has 8 heteroatoms. The third kappa shape index (κ3) is 2.96. The second-order valence-corrected chi connectivity index (χ2v) is 3.44. The molecule has 0 bridgehead atoms. The van der Waals surface area contributed by atoms with Crippen molar-refractivity contribution in [2.24, 2.45) is 0 Å². The Morgan fingerprint density at radius 3 is 1.88 bits per heavy atom. The van der Waals surface area contributed by atoms with Gasteiger partial charge >= 0.3 is 12.4 Å². The van der Waals surface area contributed by atoms with E-state index in [1.165, 1.54) is 0 Å². The van der Waals surface area contributed by atoms with E-state index in [0.29, 0.717) is 6.07 Å². The highest BCUT2D eigenvalue weighted by molar-refractivity contribution is 6.32. The van der Waals surface area contributed by atoms with Gasteiger partial charge in [0.05, 0.1) is 23.3 Å². The minimum atomic E-state index is -4.98. The average molecular weight is 279 g/mol. The first kappa shape index (κ1) is 14.0. The first-order valence-electron chi connectivity index (χ1n) is 4.09. The lowest BCUT2D eigenvalue weighted by molar-refractivity contribution is -0.143. The molecule has 0 radical (unpaired) electrons. The highest BCUT2D eigenvalue weighted by atomic mass is 35.5. The summed E-state index contributed by atoms with van der Waals surface area (Å²) in [6.07, 6.45) is -9.88. The molecule has 0 amide bonds. The first-order valence-corrected chi connectivity index (χ1v) is 4.47. The van der Waals surface area contributed by atoms with Crippen LogP contribution in [0.4, 0.5) is 26.3 Å². The largest absolute Gasteiger partial charge is 0.495 e. The fourth-order valence-electron chi connectivity index (χ4n) is 1.18. The Bertz CT molecular complexity index is 423. The predicted molar refractivity (Wildman–Crippen MR) is 48.0 cm³/mol. The number of hydrogen-bond donors (Lipinski definition) is 0. The summed E-state index contributed by atoms with van der Waals surface area (Å²) in [4.78, 5) is 0. The maximum Gasteiger partial charge on any atom is 0.420 e. The van der Waals surface area contributed by atoms with Crippen LogP contribution in [-0.2, 0) is 12.4 Å². The molecule has 0 saturated carbocycles. The topological polar surface area (TPSA) is 9.23 Å². The molecule has 0 atom stereocenters. The quantitative estimate of drug-likeness (QED) is 0.693. The molecule has 17 heavy (non-hydrogen) atoms. The van der Waals surface area contributed by atoms with Crippen LogP contribution in [0.1, 0.15) is 11.1 Å². The van der Waals surface area contributed by atoms with Crippen molar-refractivity contribution in [2.45, 2.75) is 12.4 Å². The first-order chi connectivity index (χ1) is 7.57. The number of ether oxygens (including phenoxy) is 1. The lowest BCUT2D eigenvalue weighted by Crippen LogP contribution is -2.12. The number of alkyl halides is 6. The summed E-state index contributed by atoms with van der Waals surface area (Å²) >= 11 is 5.32. The zero-order valence-corrected chi connectivity index (χ0v) is 8.96. The van der Waals surface area contributed by atoms with Crippen LogP contribution in [0, 0.1) is 0 Å². The molecule has 0 heterocycles. The molecular formula is C9H5ClF6O. The molecule has 0 saturated heterocycles. The molecule has 0 aromatic heterocycles. The van der Waals surface area contributed by atoms with E-state index in [0.717, 1.165) is 7.11 Å². The molecule has 0 unspecified atom stereocenters. The van der Waals surface area contributed by atoms with Gasteiger partial charge in [-0.25, -0.2) is 0 Å². The third-order valence-corrected chi connectivity index (χ3v) is 2.16. The Labute approximate surface area is 96.9 Å². The molecule has 0 aliphatic rings. The van der Waals surface area contributed by atoms with Crippen LogP contribution in [0.3, 0.4) is 0 Å². The molecule has 1 aromatic rings. The average Bonchev–Trinajstić information content (AvgIpc) is 2.13. The molecular weight excluding hydrogens is 274 g/mol. The number of halogens is 7. The van der Waals surface area contributed by atoms with Crippen molar-refractivity contribution in [1.82, 2.24) is 0 Å². The maximum absolute atomic E-state index is 12.5. The number of methoxy groups -OCH3 is 1. The lowest BCUT2D eigenvalue weighted by atomic mass is 10.1. The van der Waals surface area contributed by atoms with E-state index in [9.17, 15) is 26.3 Å². The summed E-state index contributed by atoms with van der Waals surface area (Å²) in [5.74, 6) is -0.827. The monoisotopic (exact) mass is 278 g/mol. The molecule has 0 aliphatic heterocycles. The SMILES string of the molecule is COc1c(Cl)cc(C(F)(F)F)cc1C(F)(F)F.